The monoisotopic (exact) mass is 314 g/mol. The third-order valence-electron chi connectivity index (χ3n) is 2.76. The highest BCUT2D eigenvalue weighted by Gasteiger charge is 2.41. The van der Waals surface area contributed by atoms with Gasteiger partial charge in [0, 0.05) is 6.08 Å². The van der Waals surface area contributed by atoms with Crippen molar-refractivity contribution in [2.45, 2.75) is 19.2 Å². The van der Waals surface area contributed by atoms with E-state index in [1.807, 2.05) is 0 Å². The first-order chi connectivity index (χ1) is 10.3. The Morgan fingerprint density at radius 1 is 1.27 bits per heavy atom. The van der Waals surface area contributed by atoms with Gasteiger partial charge in [0.25, 0.3) is 0 Å². The van der Waals surface area contributed by atoms with Crippen molar-refractivity contribution < 1.29 is 27.8 Å². The number of ether oxygens (including phenoxy) is 1. The molecule has 0 amide bonds. The Kier molecular flexibility index (Phi) is 6.85. The van der Waals surface area contributed by atoms with Gasteiger partial charge in [-0.2, -0.15) is 13.2 Å². The van der Waals surface area contributed by atoms with Crippen LogP contribution in [0.2, 0.25) is 0 Å². The third kappa shape index (κ3) is 6.13. The van der Waals surface area contributed by atoms with Crippen LogP contribution < -0.4 is 0 Å². The molecule has 3 nitrogen and oxygen atoms in total. The Morgan fingerprint density at radius 3 is 2.45 bits per heavy atom. The number of hydrogen-bond donors (Lipinski definition) is 1. The van der Waals surface area contributed by atoms with Crippen LogP contribution in [0.1, 0.15) is 12.5 Å². The van der Waals surface area contributed by atoms with Crippen molar-refractivity contribution in [3.05, 3.63) is 54.1 Å². The summed E-state index contributed by atoms with van der Waals surface area (Å²) in [6, 6.07) is 8.62. The predicted octanol–water partition coefficient (Wildman–Crippen LogP) is 3.36. The summed E-state index contributed by atoms with van der Waals surface area (Å²) >= 11 is 0. The Morgan fingerprint density at radius 2 is 1.91 bits per heavy atom. The van der Waals surface area contributed by atoms with E-state index in [-0.39, 0.29) is 6.61 Å². The Hall–Kier alpha value is -2.08. The van der Waals surface area contributed by atoms with E-state index < -0.39 is 24.2 Å². The standard InChI is InChI=1S/C16H17F3O3/c1-2-22-15(21)11-9-13(16(17,18)19)14(20)10-8-12-6-4-3-5-7-12/h3-11,13-14,20H,2H2,1H3/b10-8+,11-9-/t13-,14-/m1/s1. The molecule has 0 saturated heterocycles. The summed E-state index contributed by atoms with van der Waals surface area (Å²) in [5, 5.41) is 9.74. The highest BCUT2D eigenvalue weighted by atomic mass is 19.4. The number of aliphatic hydroxyl groups excluding tert-OH is 1. The summed E-state index contributed by atoms with van der Waals surface area (Å²) in [4.78, 5) is 11.1. The molecule has 6 heteroatoms. The molecule has 0 aliphatic rings. The smallest absolute Gasteiger partial charge is 0.397 e. The second kappa shape index (κ2) is 8.38. The predicted molar refractivity (Wildman–Crippen MR) is 76.8 cm³/mol. The highest BCUT2D eigenvalue weighted by Crippen LogP contribution is 2.31. The molecule has 2 atom stereocenters. The van der Waals surface area contributed by atoms with E-state index in [0.29, 0.717) is 17.7 Å². The quantitative estimate of drug-likeness (QED) is 0.647. The molecular weight excluding hydrogens is 297 g/mol. The first kappa shape index (κ1) is 18.0. The van der Waals surface area contributed by atoms with Gasteiger partial charge in [-0.1, -0.05) is 48.6 Å². The fraction of sp³-hybridized carbons (Fsp3) is 0.312. The average molecular weight is 314 g/mol. The van der Waals surface area contributed by atoms with E-state index in [4.69, 9.17) is 0 Å². The van der Waals surface area contributed by atoms with E-state index in [1.54, 1.807) is 37.3 Å². The zero-order valence-electron chi connectivity index (χ0n) is 12.0. The molecule has 0 unspecified atom stereocenters. The van der Waals surface area contributed by atoms with Crippen molar-refractivity contribution in [1.82, 2.24) is 0 Å². The maximum Gasteiger partial charge on any atom is 0.397 e. The minimum atomic E-state index is -4.68. The minimum absolute atomic E-state index is 0.0658. The molecule has 1 N–H and O–H groups in total. The summed E-state index contributed by atoms with van der Waals surface area (Å²) in [5.74, 6) is -3.06. The Bertz CT molecular complexity index is 521. The van der Waals surface area contributed by atoms with Gasteiger partial charge in [0.05, 0.1) is 12.7 Å². The first-order valence-corrected chi connectivity index (χ1v) is 6.67. The van der Waals surface area contributed by atoms with Gasteiger partial charge < -0.3 is 9.84 Å². The topological polar surface area (TPSA) is 46.5 Å². The van der Waals surface area contributed by atoms with E-state index in [9.17, 15) is 23.1 Å². The van der Waals surface area contributed by atoms with Crippen LogP contribution in [0, 0.1) is 5.92 Å². The number of aliphatic hydroxyl groups is 1. The number of alkyl halides is 3. The molecule has 0 radical (unpaired) electrons. The summed E-state index contributed by atoms with van der Waals surface area (Å²) in [6.45, 7) is 1.61. The van der Waals surface area contributed by atoms with Crippen molar-refractivity contribution in [3.63, 3.8) is 0 Å². The minimum Gasteiger partial charge on any atom is -0.463 e. The van der Waals surface area contributed by atoms with Crippen molar-refractivity contribution in [3.8, 4) is 0 Å². The summed E-state index contributed by atoms with van der Waals surface area (Å²) in [6.07, 6.45) is -2.75. The molecule has 0 bridgehead atoms. The van der Waals surface area contributed by atoms with Gasteiger partial charge in [0.2, 0.25) is 0 Å². The number of halogens is 3. The van der Waals surface area contributed by atoms with Crippen molar-refractivity contribution >= 4 is 12.0 Å². The number of benzene rings is 1. The van der Waals surface area contributed by atoms with E-state index in [0.717, 1.165) is 6.08 Å². The van der Waals surface area contributed by atoms with Gasteiger partial charge in [0.15, 0.2) is 0 Å². The third-order valence-corrected chi connectivity index (χ3v) is 2.76. The van der Waals surface area contributed by atoms with Crippen LogP contribution in [0.5, 0.6) is 0 Å². The van der Waals surface area contributed by atoms with Gasteiger partial charge in [0.1, 0.15) is 5.92 Å². The molecule has 0 heterocycles. The summed E-state index contributed by atoms with van der Waals surface area (Å²) < 4.78 is 43.3. The van der Waals surface area contributed by atoms with Crippen LogP contribution in [0.25, 0.3) is 6.08 Å². The maximum absolute atomic E-state index is 12.9. The molecule has 1 aromatic rings. The molecule has 0 fully saturated rings. The summed E-state index contributed by atoms with van der Waals surface area (Å²) in [5.41, 5.74) is 0.664. The zero-order chi connectivity index (χ0) is 16.6. The molecule has 120 valence electrons. The van der Waals surface area contributed by atoms with Gasteiger partial charge >= 0.3 is 12.1 Å². The highest BCUT2D eigenvalue weighted by molar-refractivity contribution is 5.81. The maximum atomic E-state index is 12.9. The van der Waals surface area contributed by atoms with Gasteiger partial charge in [-0.05, 0) is 12.5 Å². The fourth-order valence-corrected chi connectivity index (χ4v) is 1.68. The van der Waals surface area contributed by atoms with E-state index in [2.05, 4.69) is 4.74 Å². The Labute approximate surface area is 126 Å². The van der Waals surface area contributed by atoms with Crippen LogP contribution in [0.3, 0.4) is 0 Å². The number of hydrogen-bond acceptors (Lipinski definition) is 3. The summed E-state index contributed by atoms with van der Waals surface area (Å²) in [7, 11) is 0. The molecule has 0 spiro atoms. The largest absolute Gasteiger partial charge is 0.463 e. The lowest BCUT2D eigenvalue weighted by atomic mass is 10.00. The normalized spacial score (nSPS) is 15.1. The molecule has 22 heavy (non-hydrogen) atoms. The van der Waals surface area contributed by atoms with Crippen LogP contribution in [0.15, 0.2) is 48.6 Å². The van der Waals surface area contributed by atoms with Crippen molar-refractivity contribution in [2.24, 2.45) is 5.92 Å². The molecule has 1 rings (SSSR count). The van der Waals surface area contributed by atoms with Gasteiger partial charge in [-0.3, -0.25) is 0 Å². The fourth-order valence-electron chi connectivity index (χ4n) is 1.68. The first-order valence-electron chi connectivity index (χ1n) is 6.67. The van der Waals surface area contributed by atoms with Gasteiger partial charge in [-0.15, -0.1) is 0 Å². The zero-order valence-corrected chi connectivity index (χ0v) is 12.0. The number of esters is 1. The number of rotatable bonds is 6. The number of carbonyl (C=O) groups is 1. The lowest BCUT2D eigenvalue weighted by molar-refractivity contribution is -0.178. The second-order valence-corrected chi connectivity index (χ2v) is 4.44. The van der Waals surface area contributed by atoms with Gasteiger partial charge in [-0.25, -0.2) is 4.79 Å². The Balaban J connectivity index is 2.83. The second-order valence-electron chi connectivity index (χ2n) is 4.44. The molecule has 0 aromatic heterocycles. The van der Waals surface area contributed by atoms with Crippen LogP contribution in [0.4, 0.5) is 13.2 Å². The van der Waals surface area contributed by atoms with Crippen LogP contribution in [-0.2, 0) is 9.53 Å². The molecule has 0 aliphatic heterocycles. The van der Waals surface area contributed by atoms with E-state index in [1.165, 1.54) is 6.08 Å². The molecule has 1 aromatic carbocycles. The molecule has 0 aliphatic carbocycles. The number of carbonyl (C=O) groups excluding carboxylic acids is 1. The van der Waals surface area contributed by atoms with E-state index >= 15 is 0 Å². The lowest BCUT2D eigenvalue weighted by Gasteiger charge is -2.20. The average Bonchev–Trinajstić information content (AvgIpc) is 2.45. The van der Waals surface area contributed by atoms with Crippen LogP contribution >= 0.6 is 0 Å². The van der Waals surface area contributed by atoms with Crippen LogP contribution in [-0.4, -0.2) is 30.0 Å². The molecule has 0 saturated carbocycles. The van der Waals surface area contributed by atoms with Crippen molar-refractivity contribution in [1.29, 1.82) is 0 Å². The lowest BCUT2D eigenvalue weighted by Crippen LogP contribution is -2.31. The van der Waals surface area contributed by atoms with Crippen molar-refractivity contribution in [2.75, 3.05) is 6.61 Å². The SMILES string of the molecule is CCOC(=O)/C=C\[C@H]([C@H](O)/C=C/c1ccccc1)C(F)(F)F. The molecular formula is C16H17F3O3.